The van der Waals surface area contributed by atoms with Crippen molar-refractivity contribution in [2.45, 2.75) is 32.3 Å². The van der Waals surface area contributed by atoms with E-state index in [9.17, 15) is 4.79 Å². The van der Waals surface area contributed by atoms with Gasteiger partial charge in [-0.25, -0.2) is 0 Å². The highest BCUT2D eigenvalue weighted by atomic mass is 35.5. The van der Waals surface area contributed by atoms with Crippen LogP contribution in [0.2, 0.25) is 5.02 Å². The second-order valence-electron chi connectivity index (χ2n) is 6.58. The van der Waals surface area contributed by atoms with Crippen LogP contribution in [0.1, 0.15) is 40.7 Å². The molecule has 0 aromatic heterocycles. The van der Waals surface area contributed by atoms with Gasteiger partial charge >= 0.3 is 0 Å². The highest BCUT2D eigenvalue weighted by molar-refractivity contribution is 6.31. The van der Waals surface area contributed by atoms with Gasteiger partial charge in [0.2, 0.25) is 0 Å². The molecule has 1 aliphatic heterocycles. The fourth-order valence-electron chi connectivity index (χ4n) is 3.12. The number of amides is 1. The largest absolute Gasteiger partial charge is 0.490 e. The molecule has 1 amide bonds. The molecule has 1 fully saturated rings. The lowest BCUT2D eigenvalue weighted by molar-refractivity contribution is 0.0755. The zero-order chi connectivity index (χ0) is 18.5. The lowest BCUT2D eigenvalue weighted by atomic mass is 10.1. The molecule has 0 N–H and O–H groups in total. The molecule has 0 spiro atoms. The monoisotopic (exact) mass is 368 g/mol. The van der Waals surface area contributed by atoms with Gasteiger partial charge in [0.25, 0.3) is 5.91 Å². The number of aryl methyl sites for hydroxylation is 1. The third kappa shape index (κ3) is 4.36. The SMILES string of the molecule is Cc1ccc(C(=O)N2CCCC(Oc3ccc(C#N)c(Cl)c3)CC2)cc1. The summed E-state index contributed by atoms with van der Waals surface area (Å²) in [6, 6.07) is 14.9. The summed E-state index contributed by atoms with van der Waals surface area (Å²) in [4.78, 5) is 14.6. The molecular formula is C21H21ClN2O2. The number of carbonyl (C=O) groups excluding carboxylic acids is 1. The Morgan fingerprint density at radius 2 is 1.96 bits per heavy atom. The predicted molar refractivity (Wildman–Crippen MR) is 102 cm³/mol. The number of nitriles is 1. The van der Waals surface area contributed by atoms with E-state index >= 15 is 0 Å². The normalized spacial score (nSPS) is 17.3. The van der Waals surface area contributed by atoms with Crippen LogP contribution in [0.3, 0.4) is 0 Å². The first kappa shape index (κ1) is 18.3. The molecule has 3 rings (SSSR count). The molecule has 26 heavy (non-hydrogen) atoms. The highest BCUT2D eigenvalue weighted by Crippen LogP contribution is 2.25. The van der Waals surface area contributed by atoms with E-state index in [-0.39, 0.29) is 12.0 Å². The van der Waals surface area contributed by atoms with E-state index in [2.05, 4.69) is 0 Å². The van der Waals surface area contributed by atoms with Crippen LogP contribution >= 0.6 is 11.6 Å². The molecule has 2 aromatic rings. The molecule has 1 heterocycles. The Labute approximate surface area is 158 Å². The average Bonchev–Trinajstić information content (AvgIpc) is 2.87. The topological polar surface area (TPSA) is 53.3 Å². The summed E-state index contributed by atoms with van der Waals surface area (Å²) in [5.74, 6) is 0.740. The van der Waals surface area contributed by atoms with E-state index in [4.69, 9.17) is 21.6 Å². The van der Waals surface area contributed by atoms with Crippen LogP contribution in [-0.2, 0) is 0 Å². The number of carbonyl (C=O) groups is 1. The number of hydrogen-bond donors (Lipinski definition) is 0. The first-order valence-corrected chi connectivity index (χ1v) is 9.17. The van der Waals surface area contributed by atoms with E-state index in [1.807, 2.05) is 42.2 Å². The van der Waals surface area contributed by atoms with Gasteiger partial charge in [-0.3, -0.25) is 4.79 Å². The van der Waals surface area contributed by atoms with Gasteiger partial charge in [0.1, 0.15) is 17.9 Å². The lowest BCUT2D eigenvalue weighted by Crippen LogP contribution is -2.32. The van der Waals surface area contributed by atoms with E-state index < -0.39 is 0 Å². The number of halogens is 1. The Kier molecular flexibility index (Phi) is 5.80. The molecule has 2 aromatic carbocycles. The van der Waals surface area contributed by atoms with Crippen molar-refractivity contribution in [3.05, 3.63) is 64.2 Å². The van der Waals surface area contributed by atoms with E-state index in [1.165, 1.54) is 0 Å². The van der Waals surface area contributed by atoms with Gasteiger partial charge in [0.15, 0.2) is 0 Å². The quantitative estimate of drug-likeness (QED) is 0.795. The molecule has 0 aliphatic carbocycles. The van der Waals surface area contributed by atoms with Crippen molar-refractivity contribution in [2.75, 3.05) is 13.1 Å². The summed E-state index contributed by atoms with van der Waals surface area (Å²) in [6.45, 7) is 3.42. The summed E-state index contributed by atoms with van der Waals surface area (Å²) < 4.78 is 6.03. The van der Waals surface area contributed by atoms with E-state index in [0.29, 0.717) is 22.9 Å². The molecule has 0 radical (unpaired) electrons. The van der Waals surface area contributed by atoms with Gasteiger partial charge in [-0.2, -0.15) is 5.26 Å². The smallest absolute Gasteiger partial charge is 0.253 e. The molecule has 0 bridgehead atoms. The lowest BCUT2D eigenvalue weighted by Gasteiger charge is -2.21. The Morgan fingerprint density at radius 3 is 2.65 bits per heavy atom. The molecule has 134 valence electrons. The predicted octanol–water partition coefficient (Wildman–Crippen LogP) is 4.59. The zero-order valence-electron chi connectivity index (χ0n) is 14.7. The summed E-state index contributed by atoms with van der Waals surface area (Å²) in [5.41, 5.74) is 2.32. The van der Waals surface area contributed by atoms with Gasteiger partial charge < -0.3 is 9.64 Å². The summed E-state index contributed by atoms with van der Waals surface area (Å²) in [6.07, 6.45) is 2.59. The maximum Gasteiger partial charge on any atom is 0.253 e. The minimum Gasteiger partial charge on any atom is -0.490 e. The summed E-state index contributed by atoms with van der Waals surface area (Å²) >= 11 is 6.07. The number of ether oxygens (including phenoxy) is 1. The maximum absolute atomic E-state index is 12.7. The van der Waals surface area contributed by atoms with Crippen LogP contribution in [0.25, 0.3) is 0 Å². The molecule has 5 heteroatoms. The van der Waals surface area contributed by atoms with E-state index in [0.717, 1.165) is 36.9 Å². The first-order valence-electron chi connectivity index (χ1n) is 8.79. The molecule has 1 aliphatic rings. The van der Waals surface area contributed by atoms with E-state index in [1.54, 1.807) is 18.2 Å². The standard InChI is InChI=1S/C21H21ClN2O2/c1-15-4-6-16(7-5-15)21(25)24-11-2-3-18(10-12-24)26-19-9-8-17(14-23)20(22)13-19/h4-9,13,18H,2-3,10-12H2,1H3. The Balaban J connectivity index is 1.61. The Hall–Kier alpha value is -2.51. The molecule has 4 nitrogen and oxygen atoms in total. The second kappa shape index (κ2) is 8.25. The van der Waals surface area contributed by atoms with Crippen molar-refractivity contribution in [1.29, 1.82) is 5.26 Å². The van der Waals surface area contributed by atoms with Crippen LogP contribution < -0.4 is 4.74 Å². The molecule has 1 saturated heterocycles. The molecule has 0 saturated carbocycles. The van der Waals surface area contributed by atoms with Gasteiger partial charge in [0.05, 0.1) is 10.6 Å². The first-order chi connectivity index (χ1) is 12.6. The number of hydrogen-bond acceptors (Lipinski definition) is 3. The number of nitrogens with zero attached hydrogens (tertiary/aromatic N) is 2. The zero-order valence-corrected chi connectivity index (χ0v) is 15.5. The average molecular weight is 369 g/mol. The molecule has 1 atom stereocenters. The van der Waals surface area contributed by atoms with Crippen LogP contribution in [0, 0.1) is 18.3 Å². The highest BCUT2D eigenvalue weighted by Gasteiger charge is 2.22. The van der Waals surface area contributed by atoms with Crippen molar-refractivity contribution in [3.63, 3.8) is 0 Å². The number of likely N-dealkylation sites (tertiary alicyclic amines) is 1. The number of rotatable bonds is 3. The third-order valence-electron chi connectivity index (χ3n) is 4.62. The van der Waals surface area contributed by atoms with Gasteiger partial charge in [0, 0.05) is 31.1 Å². The van der Waals surface area contributed by atoms with Crippen LogP contribution in [0.5, 0.6) is 5.75 Å². The minimum absolute atomic E-state index is 0.0369. The molecular weight excluding hydrogens is 348 g/mol. The fraction of sp³-hybridized carbons (Fsp3) is 0.333. The summed E-state index contributed by atoms with van der Waals surface area (Å²) in [7, 11) is 0. The van der Waals surface area contributed by atoms with Crippen molar-refractivity contribution in [1.82, 2.24) is 4.90 Å². The van der Waals surface area contributed by atoms with Crippen molar-refractivity contribution in [2.24, 2.45) is 0 Å². The molecule has 1 unspecified atom stereocenters. The van der Waals surface area contributed by atoms with Gasteiger partial charge in [-0.1, -0.05) is 29.3 Å². The van der Waals surface area contributed by atoms with Crippen molar-refractivity contribution < 1.29 is 9.53 Å². The third-order valence-corrected chi connectivity index (χ3v) is 4.94. The number of benzene rings is 2. The van der Waals surface area contributed by atoms with Crippen LogP contribution in [-0.4, -0.2) is 30.0 Å². The van der Waals surface area contributed by atoms with Crippen molar-refractivity contribution in [3.8, 4) is 11.8 Å². The fourth-order valence-corrected chi connectivity index (χ4v) is 3.33. The minimum atomic E-state index is 0.0369. The van der Waals surface area contributed by atoms with Gasteiger partial charge in [-0.15, -0.1) is 0 Å². The van der Waals surface area contributed by atoms with Gasteiger partial charge in [-0.05, 0) is 44.0 Å². The maximum atomic E-state index is 12.7. The van der Waals surface area contributed by atoms with Crippen LogP contribution in [0.4, 0.5) is 0 Å². The van der Waals surface area contributed by atoms with Crippen molar-refractivity contribution >= 4 is 17.5 Å². The summed E-state index contributed by atoms with van der Waals surface area (Å²) in [5, 5.41) is 9.34. The van der Waals surface area contributed by atoms with Crippen LogP contribution in [0.15, 0.2) is 42.5 Å². The second-order valence-corrected chi connectivity index (χ2v) is 6.99. The Morgan fingerprint density at radius 1 is 1.19 bits per heavy atom. The Bertz CT molecular complexity index is 827.